The number of amides is 2. The van der Waals surface area contributed by atoms with E-state index < -0.39 is 23.6 Å². The standard InChI is InChI=1S/C10H16N6O3/c1-5(7-13-15-16-14-7)11-9(19)12-10(2,8(17)18)6-3-4-6/h5-6H,3-4H2,1-2H3,(H,17,18)(H2,11,12,19)(H,13,14,15,16). The Kier molecular flexibility index (Phi) is 3.36. The average Bonchev–Trinajstić information content (AvgIpc) is 3.04. The molecular formula is C10H16N6O3. The highest BCUT2D eigenvalue weighted by atomic mass is 16.4. The zero-order valence-corrected chi connectivity index (χ0v) is 10.7. The molecule has 2 unspecified atom stereocenters. The number of carboxylic acid groups (broad SMARTS) is 1. The number of nitrogens with one attached hydrogen (secondary N) is 3. The molecule has 2 rings (SSSR count). The van der Waals surface area contributed by atoms with Crippen LogP contribution in [0.3, 0.4) is 0 Å². The summed E-state index contributed by atoms with van der Waals surface area (Å²) < 4.78 is 0. The first-order valence-electron chi connectivity index (χ1n) is 5.99. The van der Waals surface area contributed by atoms with Crippen LogP contribution in [0.4, 0.5) is 4.79 Å². The molecular weight excluding hydrogens is 252 g/mol. The average molecular weight is 268 g/mol. The minimum atomic E-state index is -1.24. The number of carbonyl (C=O) groups excluding carboxylic acids is 1. The van der Waals surface area contributed by atoms with Crippen molar-refractivity contribution < 1.29 is 14.7 Å². The summed E-state index contributed by atoms with van der Waals surface area (Å²) in [7, 11) is 0. The minimum absolute atomic E-state index is 0.0174. The van der Waals surface area contributed by atoms with Gasteiger partial charge in [0.25, 0.3) is 0 Å². The van der Waals surface area contributed by atoms with E-state index in [0.29, 0.717) is 5.82 Å². The normalized spacial score (nSPS) is 19.3. The second kappa shape index (κ2) is 4.82. The van der Waals surface area contributed by atoms with Crippen LogP contribution in [0.1, 0.15) is 38.6 Å². The third-order valence-electron chi connectivity index (χ3n) is 3.31. The molecule has 1 heterocycles. The number of H-pyrrole nitrogens is 1. The van der Waals surface area contributed by atoms with Gasteiger partial charge in [-0.15, -0.1) is 10.2 Å². The molecule has 1 aliphatic rings. The van der Waals surface area contributed by atoms with E-state index in [1.807, 2.05) is 0 Å². The van der Waals surface area contributed by atoms with Crippen LogP contribution in [0.25, 0.3) is 0 Å². The van der Waals surface area contributed by atoms with E-state index in [9.17, 15) is 14.7 Å². The smallest absolute Gasteiger partial charge is 0.329 e. The zero-order valence-electron chi connectivity index (χ0n) is 10.7. The van der Waals surface area contributed by atoms with Crippen LogP contribution in [-0.4, -0.2) is 43.3 Å². The molecule has 0 aromatic carbocycles. The number of hydrogen-bond acceptors (Lipinski definition) is 5. The Balaban J connectivity index is 1.95. The number of carbonyl (C=O) groups is 2. The van der Waals surface area contributed by atoms with E-state index in [-0.39, 0.29) is 5.92 Å². The Hall–Kier alpha value is -2.19. The Morgan fingerprint density at radius 3 is 2.68 bits per heavy atom. The molecule has 9 nitrogen and oxygen atoms in total. The van der Waals surface area contributed by atoms with E-state index in [4.69, 9.17) is 0 Å². The van der Waals surface area contributed by atoms with Crippen molar-refractivity contribution in [1.29, 1.82) is 0 Å². The van der Waals surface area contributed by atoms with E-state index in [0.717, 1.165) is 12.8 Å². The number of carboxylic acids is 1. The van der Waals surface area contributed by atoms with Crippen molar-refractivity contribution in [1.82, 2.24) is 31.3 Å². The number of nitrogens with zero attached hydrogens (tertiary/aromatic N) is 3. The number of aromatic nitrogens is 4. The van der Waals surface area contributed by atoms with Crippen LogP contribution in [-0.2, 0) is 4.79 Å². The predicted molar refractivity (Wildman–Crippen MR) is 63.0 cm³/mol. The maximum Gasteiger partial charge on any atom is 0.329 e. The molecule has 1 aromatic heterocycles. The van der Waals surface area contributed by atoms with Crippen molar-refractivity contribution in [2.24, 2.45) is 5.92 Å². The summed E-state index contributed by atoms with van der Waals surface area (Å²) in [5.41, 5.74) is -1.24. The van der Waals surface area contributed by atoms with Gasteiger partial charge in [-0.25, -0.2) is 9.59 Å². The fourth-order valence-corrected chi connectivity index (χ4v) is 1.88. The van der Waals surface area contributed by atoms with Crippen molar-refractivity contribution in [2.75, 3.05) is 0 Å². The molecule has 4 N–H and O–H groups in total. The summed E-state index contributed by atoms with van der Waals surface area (Å²) in [5.74, 6) is -0.716. The minimum Gasteiger partial charge on any atom is -0.480 e. The van der Waals surface area contributed by atoms with Gasteiger partial charge < -0.3 is 15.7 Å². The first-order valence-corrected chi connectivity index (χ1v) is 5.99. The van der Waals surface area contributed by atoms with Gasteiger partial charge in [0.1, 0.15) is 5.54 Å². The fourth-order valence-electron chi connectivity index (χ4n) is 1.88. The molecule has 104 valence electrons. The largest absolute Gasteiger partial charge is 0.480 e. The molecule has 2 atom stereocenters. The lowest BCUT2D eigenvalue weighted by Gasteiger charge is -2.26. The van der Waals surface area contributed by atoms with Gasteiger partial charge >= 0.3 is 12.0 Å². The summed E-state index contributed by atoms with van der Waals surface area (Å²) in [4.78, 5) is 23.1. The van der Waals surface area contributed by atoms with Gasteiger partial charge in [-0.3, -0.25) is 0 Å². The summed E-state index contributed by atoms with van der Waals surface area (Å²) in [6.07, 6.45) is 1.62. The highest BCUT2D eigenvalue weighted by Crippen LogP contribution is 2.39. The Bertz CT molecular complexity index is 472. The maximum absolute atomic E-state index is 11.8. The molecule has 2 amide bonds. The van der Waals surface area contributed by atoms with Crippen LogP contribution < -0.4 is 10.6 Å². The Morgan fingerprint density at radius 1 is 1.53 bits per heavy atom. The topological polar surface area (TPSA) is 133 Å². The molecule has 0 bridgehead atoms. The predicted octanol–water partition coefficient (Wildman–Crippen LogP) is -0.187. The molecule has 0 spiro atoms. The molecule has 0 saturated heterocycles. The van der Waals surface area contributed by atoms with Gasteiger partial charge in [0, 0.05) is 0 Å². The van der Waals surface area contributed by atoms with E-state index in [1.165, 1.54) is 6.92 Å². The van der Waals surface area contributed by atoms with E-state index in [2.05, 4.69) is 31.3 Å². The van der Waals surface area contributed by atoms with Crippen LogP contribution in [0.15, 0.2) is 0 Å². The first-order chi connectivity index (χ1) is 8.93. The van der Waals surface area contributed by atoms with Gasteiger partial charge in [0.2, 0.25) is 0 Å². The molecule has 1 fully saturated rings. The van der Waals surface area contributed by atoms with Crippen molar-refractivity contribution in [3.63, 3.8) is 0 Å². The van der Waals surface area contributed by atoms with Crippen molar-refractivity contribution in [3.8, 4) is 0 Å². The van der Waals surface area contributed by atoms with Crippen LogP contribution in [0.5, 0.6) is 0 Å². The number of hydrogen-bond donors (Lipinski definition) is 4. The quantitative estimate of drug-likeness (QED) is 0.585. The highest BCUT2D eigenvalue weighted by molar-refractivity contribution is 5.86. The third-order valence-corrected chi connectivity index (χ3v) is 3.31. The van der Waals surface area contributed by atoms with Crippen molar-refractivity contribution >= 4 is 12.0 Å². The van der Waals surface area contributed by atoms with Crippen LogP contribution >= 0.6 is 0 Å². The number of urea groups is 1. The van der Waals surface area contributed by atoms with E-state index in [1.54, 1.807) is 6.92 Å². The van der Waals surface area contributed by atoms with E-state index >= 15 is 0 Å². The van der Waals surface area contributed by atoms with Crippen molar-refractivity contribution in [2.45, 2.75) is 38.3 Å². The SMILES string of the molecule is CC(NC(=O)NC(C)(C(=O)O)C1CC1)c1nn[nH]n1. The molecule has 1 aromatic rings. The molecule has 19 heavy (non-hydrogen) atoms. The van der Waals surface area contributed by atoms with Gasteiger partial charge in [0.05, 0.1) is 6.04 Å². The first kappa shape index (κ1) is 13.2. The number of aliphatic carboxylic acids is 1. The maximum atomic E-state index is 11.8. The third kappa shape index (κ3) is 2.80. The Morgan fingerprint density at radius 2 is 2.21 bits per heavy atom. The zero-order chi connectivity index (χ0) is 14.0. The number of tetrazole rings is 1. The molecule has 1 aliphatic carbocycles. The number of aromatic amines is 1. The number of rotatable bonds is 5. The molecule has 1 saturated carbocycles. The molecule has 0 radical (unpaired) electrons. The van der Waals surface area contributed by atoms with Gasteiger partial charge in [0.15, 0.2) is 5.82 Å². The lowest BCUT2D eigenvalue weighted by molar-refractivity contribution is -0.144. The summed E-state index contributed by atoms with van der Waals surface area (Å²) in [6.45, 7) is 3.20. The van der Waals surface area contributed by atoms with Gasteiger partial charge in [-0.05, 0) is 32.6 Å². The summed E-state index contributed by atoms with van der Waals surface area (Å²) >= 11 is 0. The highest BCUT2D eigenvalue weighted by Gasteiger charge is 2.48. The lowest BCUT2D eigenvalue weighted by Crippen LogP contribution is -2.57. The summed E-state index contributed by atoms with van der Waals surface area (Å²) in [6, 6.07) is -1.02. The van der Waals surface area contributed by atoms with Gasteiger partial charge in [-0.1, -0.05) is 5.21 Å². The van der Waals surface area contributed by atoms with Crippen molar-refractivity contribution in [3.05, 3.63) is 5.82 Å². The van der Waals surface area contributed by atoms with Gasteiger partial charge in [-0.2, -0.15) is 5.21 Å². The van der Waals surface area contributed by atoms with Crippen LogP contribution in [0.2, 0.25) is 0 Å². The monoisotopic (exact) mass is 268 g/mol. The fraction of sp³-hybridized carbons (Fsp3) is 0.700. The second-order valence-corrected chi connectivity index (χ2v) is 4.87. The molecule has 9 heteroatoms. The Labute approximate surface area is 109 Å². The summed E-state index contributed by atoms with van der Waals surface area (Å²) in [5, 5.41) is 27.5. The second-order valence-electron chi connectivity index (χ2n) is 4.87. The molecule has 0 aliphatic heterocycles. The van der Waals surface area contributed by atoms with Crippen LogP contribution in [0, 0.1) is 5.92 Å². The lowest BCUT2D eigenvalue weighted by atomic mass is 9.96.